The number of hydrogen-bond donors (Lipinski definition) is 4. The van der Waals surface area contributed by atoms with Crippen molar-refractivity contribution in [2.75, 3.05) is 6.54 Å². The number of benzene rings is 1. The van der Waals surface area contributed by atoms with Crippen molar-refractivity contribution in [2.24, 2.45) is 5.41 Å². The van der Waals surface area contributed by atoms with Crippen molar-refractivity contribution in [3.63, 3.8) is 0 Å². The third kappa shape index (κ3) is 7.76. The van der Waals surface area contributed by atoms with E-state index in [1.165, 1.54) is 21.7 Å². The number of hydrogen-bond acceptors (Lipinski definition) is 8. The van der Waals surface area contributed by atoms with Gasteiger partial charge in [0.15, 0.2) is 5.69 Å². The lowest BCUT2D eigenvalue weighted by Crippen LogP contribution is -2.58. The average molecular weight is 561 g/mol. The third-order valence-corrected chi connectivity index (χ3v) is 6.97. The Hall–Kier alpha value is -3.51. The average Bonchev–Trinajstić information content (AvgIpc) is 3.46. The van der Waals surface area contributed by atoms with Gasteiger partial charge in [0, 0.05) is 19.5 Å². The zero-order valence-electron chi connectivity index (χ0n) is 23.0. The lowest BCUT2D eigenvalue weighted by atomic mass is 9.85. The summed E-state index contributed by atoms with van der Waals surface area (Å²) in [7, 11) is 0. The highest BCUT2D eigenvalue weighted by molar-refractivity contribution is 7.13. The van der Waals surface area contributed by atoms with Crippen LogP contribution in [0, 0.1) is 5.41 Å². The number of thiazole rings is 1. The lowest BCUT2D eigenvalue weighted by molar-refractivity contribution is -0.142. The number of nitrogens with one attached hydrogen (secondary N) is 2. The highest BCUT2D eigenvalue weighted by Crippen LogP contribution is 2.29. The van der Waals surface area contributed by atoms with Crippen LogP contribution in [0.4, 0.5) is 4.79 Å². The molecule has 11 nitrogen and oxygen atoms in total. The summed E-state index contributed by atoms with van der Waals surface area (Å²) in [6.07, 6.45) is -1.55. The van der Waals surface area contributed by atoms with Crippen LogP contribution in [0.1, 0.15) is 64.0 Å². The van der Waals surface area contributed by atoms with Gasteiger partial charge in [-0.15, -0.1) is 11.3 Å². The summed E-state index contributed by atoms with van der Waals surface area (Å²) in [6, 6.07) is 5.16. The van der Waals surface area contributed by atoms with Crippen LogP contribution in [-0.4, -0.2) is 74.3 Å². The summed E-state index contributed by atoms with van der Waals surface area (Å²) in [6.45, 7) is 10.7. The van der Waals surface area contributed by atoms with Crippen molar-refractivity contribution in [3.8, 4) is 10.4 Å². The SMILES string of the molecule is CC(C)(C)OC(=O)N[C@H](C(=O)N1C[C@H](O)C[C@H]1C(=O)NCc1ccc(-c2scnc2C(=O)O)cc1)C(C)(C)C. The van der Waals surface area contributed by atoms with Gasteiger partial charge in [-0.05, 0) is 37.3 Å². The van der Waals surface area contributed by atoms with E-state index >= 15 is 0 Å². The number of carbonyl (C=O) groups excluding carboxylic acids is 3. The molecule has 0 unspecified atom stereocenters. The fourth-order valence-corrected chi connectivity index (χ4v) is 5.02. The molecule has 1 aliphatic rings. The quantitative estimate of drug-likeness (QED) is 0.402. The molecular formula is C27H36N4O7S. The molecule has 3 atom stereocenters. The van der Waals surface area contributed by atoms with Crippen LogP contribution in [0.5, 0.6) is 0 Å². The Morgan fingerprint density at radius 2 is 1.77 bits per heavy atom. The number of carboxylic acids is 1. The Morgan fingerprint density at radius 1 is 1.13 bits per heavy atom. The molecular weight excluding hydrogens is 524 g/mol. The van der Waals surface area contributed by atoms with Gasteiger partial charge in [0.05, 0.1) is 16.5 Å². The Balaban J connectivity index is 1.69. The molecule has 0 spiro atoms. The summed E-state index contributed by atoms with van der Waals surface area (Å²) in [4.78, 5) is 56.3. The van der Waals surface area contributed by atoms with E-state index in [4.69, 9.17) is 4.74 Å². The molecule has 3 rings (SSSR count). The number of carbonyl (C=O) groups is 4. The summed E-state index contributed by atoms with van der Waals surface area (Å²) in [5.41, 5.74) is 1.49. The predicted octanol–water partition coefficient (Wildman–Crippen LogP) is 3.03. The van der Waals surface area contributed by atoms with Crippen LogP contribution >= 0.6 is 11.3 Å². The molecule has 0 bridgehead atoms. The summed E-state index contributed by atoms with van der Waals surface area (Å²) in [5.74, 6) is -2.01. The Bertz CT molecular complexity index is 1210. The monoisotopic (exact) mass is 560 g/mol. The molecule has 2 aromatic rings. The predicted molar refractivity (Wildman–Crippen MR) is 145 cm³/mol. The minimum Gasteiger partial charge on any atom is -0.476 e. The normalized spacial score (nSPS) is 18.4. The second-order valence-corrected chi connectivity index (χ2v) is 12.4. The van der Waals surface area contributed by atoms with Crippen molar-refractivity contribution >= 4 is 35.2 Å². The van der Waals surface area contributed by atoms with Crippen LogP contribution in [0.3, 0.4) is 0 Å². The first-order chi connectivity index (χ1) is 18.1. The summed E-state index contributed by atoms with van der Waals surface area (Å²) >= 11 is 1.23. The molecule has 39 heavy (non-hydrogen) atoms. The van der Waals surface area contributed by atoms with Gasteiger partial charge in [-0.25, -0.2) is 14.6 Å². The number of nitrogens with zero attached hydrogens (tertiary/aromatic N) is 2. The highest BCUT2D eigenvalue weighted by atomic mass is 32.1. The minimum absolute atomic E-state index is 0.0136. The largest absolute Gasteiger partial charge is 0.476 e. The van der Waals surface area contributed by atoms with Crippen molar-refractivity contribution in [1.29, 1.82) is 0 Å². The van der Waals surface area contributed by atoms with E-state index in [9.17, 15) is 29.4 Å². The van der Waals surface area contributed by atoms with Crippen molar-refractivity contribution < 1.29 is 34.1 Å². The Labute approximate surface area is 231 Å². The molecule has 212 valence electrons. The van der Waals surface area contributed by atoms with Gasteiger partial charge < -0.3 is 30.5 Å². The number of β-amino-alcohol motifs (C(OH)–C–C–N with tert-alkyl or cyclic N) is 1. The fourth-order valence-electron chi connectivity index (χ4n) is 4.23. The molecule has 1 fully saturated rings. The number of alkyl carbamates (subject to hydrolysis) is 1. The maximum atomic E-state index is 13.6. The Kier molecular flexibility index (Phi) is 9.01. The topological polar surface area (TPSA) is 158 Å². The number of carboxylic acid groups (broad SMARTS) is 1. The maximum Gasteiger partial charge on any atom is 0.408 e. The zero-order valence-corrected chi connectivity index (χ0v) is 23.8. The smallest absolute Gasteiger partial charge is 0.408 e. The van der Waals surface area contributed by atoms with E-state index in [1.807, 2.05) is 0 Å². The van der Waals surface area contributed by atoms with E-state index in [0.717, 1.165) is 5.56 Å². The number of ether oxygens (including phenoxy) is 1. The molecule has 0 aliphatic carbocycles. The van der Waals surface area contributed by atoms with Crippen LogP contribution in [-0.2, 0) is 20.9 Å². The molecule has 1 aromatic heterocycles. The molecule has 1 aromatic carbocycles. The Morgan fingerprint density at radius 3 is 2.33 bits per heavy atom. The highest BCUT2D eigenvalue weighted by Gasteiger charge is 2.44. The molecule has 1 saturated heterocycles. The number of amides is 3. The second-order valence-electron chi connectivity index (χ2n) is 11.6. The molecule has 2 heterocycles. The van der Waals surface area contributed by atoms with Gasteiger partial charge in [0.1, 0.15) is 17.7 Å². The van der Waals surface area contributed by atoms with E-state index < -0.39 is 53.1 Å². The number of aromatic nitrogens is 1. The number of aliphatic hydroxyl groups is 1. The third-order valence-electron chi connectivity index (χ3n) is 6.09. The summed E-state index contributed by atoms with van der Waals surface area (Å²) in [5, 5.41) is 25.1. The minimum atomic E-state index is -1.10. The first-order valence-electron chi connectivity index (χ1n) is 12.6. The van der Waals surface area contributed by atoms with Gasteiger partial charge in [0.25, 0.3) is 0 Å². The molecule has 1 aliphatic heterocycles. The maximum absolute atomic E-state index is 13.6. The van der Waals surface area contributed by atoms with E-state index in [2.05, 4.69) is 15.6 Å². The van der Waals surface area contributed by atoms with Gasteiger partial charge in [0.2, 0.25) is 11.8 Å². The van der Waals surface area contributed by atoms with E-state index in [-0.39, 0.29) is 25.2 Å². The zero-order chi connectivity index (χ0) is 29.1. The van der Waals surface area contributed by atoms with Gasteiger partial charge in [-0.2, -0.15) is 0 Å². The fraction of sp³-hybridized carbons (Fsp3) is 0.519. The van der Waals surface area contributed by atoms with Crippen molar-refractivity contribution in [3.05, 3.63) is 41.0 Å². The second kappa shape index (κ2) is 11.7. The van der Waals surface area contributed by atoms with Crippen LogP contribution < -0.4 is 10.6 Å². The number of aliphatic hydroxyl groups excluding tert-OH is 1. The first-order valence-corrected chi connectivity index (χ1v) is 13.5. The van der Waals surface area contributed by atoms with Crippen LogP contribution in [0.15, 0.2) is 29.8 Å². The number of aromatic carboxylic acids is 1. The molecule has 3 amide bonds. The van der Waals surface area contributed by atoms with Gasteiger partial charge in [-0.3, -0.25) is 9.59 Å². The number of likely N-dealkylation sites (tertiary alicyclic amines) is 1. The summed E-state index contributed by atoms with van der Waals surface area (Å²) < 4.78 is 5.33. The van der Waals surface area contributed by atoms with Crippen molar-refractivity contribution in [1.82, 2.24) is 20.5 Å². The van der Waals surface area contributed by atoms with Gasteiger partial charge >= 0.3 is 12.1 Å². The van der Waals surface area contributed by atoms with Crippen LogP contribution in [0.25, 0.3) is 10.4 Å². The molecule has 0 radical (unpaired) electrons. The molecule has 0 saturated carbocycles. The molecule has 12 heteroatoms. The number of rotatable bonds is 7. The lowest BCUT2D eigenvalue weighted by Gasteiger charge is -2.35. The van der Waals surface area contributed by atoms with Crippen LogP contribution in [0.2, 0.25) is 0 Å². The van der Waals surface area contributed by atoms with E-state index in [0.29, 0.717) is 10.4 Å². The van der Waals surface area contributed by atoms with Crippen molar-refractivity contribution in [2.45, 2.75) is 78.3 Å². The standard InChI is InChI=1S/C27H36N4O7S/c1-26(2,3)21(30-25(37)38-27(4,5)6)23(34)31-13-17(32)11-18(31)22(33)28-12-15-7-9-16(10-8-15)20-19(24(35)36)29-14-39-20/h7-10,14,17-18,21,32H,11-13H2,1-6H3,(H,28,33)(H,30,37)(H,35,36)/t17-,18+,21-/m1/s1. The van der Waals surface area contributed by atoms with E-state index in [1.54, 1.807) is 65.8 Å². The van der Waals surface area contributed by atoms with Gasteiger partial charge in [-0.1, -0.05) is 45.0 Å². The first kappa shape index (κ1) is 30.0. The molecule has 4 N–H and O–H groups in total.